The molecule has 0 heterocycles. The van der Waals surface area contributed by atoms with E-state index in [1.807, 2.05) is 0 Å². The van der Waals surface area contributed by atoms with Crippen molar-refractivity contribution >= 4 is 21.9 Å². The molecular weight excluding hydrogens is 288 g/mol. The van der Waals surface area contributed by atoms with Crippen LogP contribution in [-0.4, -0.2) is 23.3 Å². The van der Waals surface area contributed by atoms with Crippen molar-refractivity contribution in [3.8, 4) is 11.5 Å². The van der Waals surface area contributed by atoms with Crippen molar-refractivity contribution in [2.45, 2.75) is 20.3 Å². The van der Waals surface area contributed by atoms with E-state index >= 15 is 0 Å². The van der Waals surface area contributed by atoms with Gasteiger partial charge in [0.2, 0.25) is 0 Å². The lowest BCUT2D eigenvalue weighted by molar-refractivity contribution is -0.146. The Labute approximate surface area is 108 Å². The molecule has 0 amide bonds. The fraction of sp³-hybridized carbons (Fsp3) is 0.417. The number of hydrogen-bond acceptors (Lipinski definition) is 3. The molecule has 0 saturated heterocycles. The van der Waals surface area contributed by atoms with Gasteiger partial charge in [-0.3, -0.25) is 4.79 Å². The van der Waals surface area contributed by atoms with E-state index in [4.69, 9.17) is 9.84 Å². The van der Waals surface area contributed by atoms with Crippen LogP contribution in [0.4, 0.5) is 0 Å². The molecule has 17 heavy (non-hydrogen) atoms. The Morgan fingerprint density at radius 3 is 2.53 bits per heavy atom. The van der Waals surface area contributed by atoms with Gasteiger partial charge in [-0.25, -0.2) is 0 Å². The van der Waals surface area contributed by atoms with Gasteiger partial charge in [-0.1, -0.05) is 6.07 Å². The molecule has 2 N–H and O–H groups in total. The smallest absolute Gasteiger partial charge is 0.309 e. The summed E-state index contributed by atoms with van der Waals surface area (Å²) in [4.78, 5) is 11.1. The van der Waals surface area contributed by atoms with E-state index in [2.05, 4.69) is 15.9 Å². The molecule has 0 aromatic heterocycles. The summed E-state index contributed by atoms with van der Waals surface area (Å²) in [5.41, 5.74) is -0.242. The predicted octanol–water partition coefficient (Wildman–Crippen LogP) is 2.82. The second kappa shape index (κ2) is 4.96. The van der Waals surface area contributed by atoms with Crippen LogP contribution in [0.2, 0.25) is 0 Å². The zero-order valence-electron chi connectivity index (χ0n) is 9.95. The SMILES string of the molecule is COc1c(CC(C)(C)C(=O)O)ccc(Br)c1O. The van der Waals surface area contributed by atoms with E-state index in [1.54, 1.807) is 26.0 Å². The van der Waals surface area contributed by atoms with Crippen molar-refractivity contribution in [2.75, 3.05) is 7.11 Å². The zero-order valence-corrected chi connectivity index (χ0v) is 11.5. The molecule has 5 heteroatoms. The molecule has 0 spiro atoms. The monoisotopic (exact) mass is 302 g/mol. The molecule has 94 valence electrons. The molecule has 4 nitrogen and oxygen atoms in total. The minimum atomic E-state index is -0.909. The third-order valence-corrected chi connectivity index (χ3v) is 3.22. The lowest BCUT2D eigenvalue weighted by Crippen LogP contribution is -2.26. The summed E-state index contributed by atoms with van der Waals surface area (Å²) < 4.78 is 5.63. The van der Waals surface area contributed by atoms with Crippen LogP contribution >= 0.6 is 15.9 Å². The number of carboxylic acids is 1. The van der Waals surface area contributed by atoms with Gasteiger partial charge in [0.1, 0.15) is 0 Å². The summed E-state index contributed by atoms with van der Waals surface area (Å²) in [6.07, 6.45) is 0.284. The second-order valence-electron chi connectivity index (χ2n) is 4.45. The number of phenols is 1. The Morgan fingerprint density at radius 2 is 2.06 bits per heavy atom. The van der Waals surface area contributed by atoms with Crippen LogP contribution in [-0.2, 0) is 11.2 Å². The fourth-order valence-corrected chi connectivity index (χ4v) is 1.82. The Kier molecular flexibility index (Phi) is 4.03. The molecule has 0 radical (unpaired) electrons. The molecule has 1 aromatic carbocycles. The average Bonchev–Trinajstić information content (AvgIpc) is 2.23. The first kappa shape index (κ1) is 13.8. The Morgan fingerprint density at radius 1 is 1.47 bits per heavy atom. The number of carboxylic acid groups (broad SMARTS) is 1. The molecule has 0 unspecified atom stereocenters. The highest BCUT2D eigenvalue weighted by atomic mass is 79.9. The normalized spacial score (nSPS) is 11.3. The third-order valence-electron chi connectivity index (χ3n) is 2.58. The minimum absolute atomic E-state index is 0.00816. The summed E-state index contributed by atoms with van der Waals surface area (Å²) in [6, 6.07) is 3.42. The number of phenolic OH excluding ortho intramolecular Hbond substituents is 1. The lowest BCUT2D eigenvalue weighted by Gasteiger charge is -2.21. The Balaban J connectivity index is 3.16. The van der Waals surface area contributed by atoms with Crippen molar-refractivity contribution in [2.24, 2.45) is 5.41 Å². The van der Waals surface area contributed by atoms with Crippen molar-refractivity contribution in [1.82, 2.24) is 0 Å². The van der Waals surface area contributed by atoms with Gasteiger partial charge >= 0.3 is 5.97 Å². The molecule has 0 aliphatic rings. The average molecular weight is 303 g/mol. The van der Waals surface area contributed by atoms with Crippen LogP contribution in [0.15, 0.2) is 16.6 Å². The van der Waals surface area contributed by atoms with Gasteiger partial charge in [0.25, 0.3) is 0 Å². The molecule has 0 fully saturated rings. The van der Waals surface area contributed by atoms with Crippen molar-refractivity contribution in [3.05, 3.63) is 22.2 Å². The molecule has 1 rings (SSSR count). The number of aliphatic carboxylic acids is 1. The summed E-state index contributed by atoms with van der Waals surface area (Å²) in [7, 11) is 1.44. The highest BCUT2D eigenvalue weighted by Gasteiger charge is 2.29. The quantitative estimate of drug-likeness (QED) is 0.897. The van der Waals surface area contributed by atoms with Gasteiger partial charge in [0.15, 0.2) is 11.5 Å². The summed E-state index contributed by atoms with van der Waals surface area (Å²) in [6.45, 7) is 3.27. The van der Waals surface area contributed by atoms with Gasteiger partial charge in [-0.15, -0.1) is 0 Å². The summed E-state index contributed by atoms with van der Waals surface area (Å²) in [5.74, 6) is -0.582. The van der Waals surface area contributed by atoms with Gasteiger partial charge in [0, 0.05) is 0 Å². The van der Waals surface area contributed by atoms with Crippen molar-refractivity contribution in [3.63, 3.8) is 0 Å². The minimum Gasteiger partial charge on any atom is -0.503 e. The first-order valence-electron chi connectivity index (χ1n) is 5.07. The molecule has 0 saturated carbocycles. The van der Waals surface area contributed by atoms with Crippen LogP contribution in [0.1, 0.15) is 19.4 Å². The first-order valence-corrected chi connectivity index (χ1v) is 5.86. The van der Waals surface area contributed by atoms with E-state index in [9.17, 15) is 9.90 Å². The zero-order chi connectivity index (χ0) is 13.2. The van der Waals surface area contributed by atoms with E-state index in [-0.39, 0.29) is 12.2 Å². The Hall–Kier alpha value is -1.23. The number of ether oxygens (including phenoxy) is 1. The van der Waals surface area contributed by atoms with Gasteiger partial charge in [-0.2, -0.15) is 0 Å². The van der Waals surface area contributed by atoms with Crippen LogP contribution in [0, 0.1) is 5.41 Å². The largest absolute Gasteiger partial charge is 0.503 e. The highest BCUT2D eigenvalue weighted by Crippen LogP contribution is 2.39. The summed E-state index contributed by atoms with van der Waals surface area (Å²) >= 11 is 3.18. The Bertz CT molecular complexity index is 440. The van der Waals surface area contributed by atoms with E-state index in [0.29, 0.717) is 15.8 Å². The predicted molar refractivity (Wildman–Crippen MR) is 67.5 cm³/mol. The maximum Gasteiger partial charge on any atom is 0.309 e. The first-order chi connectivity index (χ1) is 7.79. The number of aromatic hydroxyl groups is 1. The number of halogens is 1. The summed E-state index contributed by atoms with van der Waals surface area (Å²) in [5, 5.41) is 18.9. The van der Waals surface area contributed by atoms with Crippen LogP contribution in [0.5, 0.6) is 11.5 Å². The number of benzene rings is 1. The molecule has 0 aliphatic carbocycles. The van der Waals surface area contributed by atoms with Gasteiger partial charge in [-0.05, 0) is 47.8 Å². The maximum atomic E-state index is 11.1. The van der Waals surface area contributed by atoms with Gasteiger partial charge < -0.3 is 14.9 Å². The van der Waals surface area contributed by atoms with E-state index in [0.717, 1.165) is 0 Å². The standard InChI is InChI=1S/C12H15BrO4/c1-12(2,11(15)16)6-7-4-5-8(13)9(14)10(7)17-3/h4-5,14H,6H2,1-3H3,(H,15,16). The molecule has 0 aliphatic heterocycles. The van der Waals surface area contributed by atoms with Crippen LogP contribution < -0.4 is 4.74 Å². The number of carbonyl (C=O) groups is 1. The molecular formula is C12H15BrO4. The van der Waals surface area contributed by atoms with Crippen molar-refractivity contribution < 1.29 is 19.7 Å². The lowest BCUT2D eigenvalue weighted by atomic mass is 9.85. The topological polar surface area (TPSA) is 66.8 Å². The molecule has 0 bridgehead atoms. The van der Waals surface area contributed by atoms with Crippen LogP contribution in [0.25, 0.3) is 0 Å². The highest BCUT2D eigenvalue weighted by molar-refractivity contribution is 9.10. The van der Waals surface area contributed by atoms with E-state index < -0.39 is 11.4 Å². The van der Waals surface area contributed by atoms with Gasteiger partial charge in [0.05, 0.1) is 17.0 Å². The molecule has 0 atom stereocenters. The van der Waals surface area contributed by atoms with E-state index in [1.165, 1.54) is 7.11 Å². The number of hydrogen-bond donors (Lipinski definition) is 2. The number of methoxy groups -OCH3 is 1. The maximum absolute atomic E-state index is 11.1. The number of rotatable bonds is 4. The third kappa shape index (κ3) is 2.91. The second-order valence-corrected chi connectivity index (χ2v) is 5.31. The fourth-order valence-electron chi connectivity index (χ4n) is 1.51. The van der Waals surface area contributed by atoms with Crippen LogP contribution in [0.3, 0.4) is 0 Å². The van der Waals surface area contributed by atoms with Crippen molar-refractivity contribution in [1.29, 1.82) is 0 Å². The molecule has 1 aromatic rings.